The van der Waals surface area contributed by atoms with E-state index in [0.717, 1.165) is 0 Å². The van der Waals surface area contributed by atoms with E-state index in [4.69, 9.17) is 19.8 Å². The summed E-state index contributed by atoms with van der Waals surface area (Å²) in [6, 6.07) is 0.850. The van der Waals surface area contributed by atoms with Crippen molar-refractivity contribution in [3.05, 3.63) is 0 Å². The molecule has 0 aliphatic heterocycles. The molecule has 0 saturated carbocycles. The van der Waals surface area contributed by atoms with Gasteiger partial charge in [-0.25, -0.2) is 4.79 Å². The summed E-state index contributed by atoms with van der Waals surface area (Å²) in [5.41, 5.74) is 0. The van der Waals surface area contributed by atoms with Crippen molar-refractivity contribution in [1.82, 2.24) is 5.32 Å². The number of carbonyl (C=O) groups excluding carboxylic acids is 1. The van der Waals surface area contributed by atoms with Gasteiger partial charge in [-0.15, -0.1) is 0 Å². The second-order valence-corrected chi connectivity index (χ2v) is 3.77. The van der Waals surface area contributed by atoms with Gasteiger partial charge >= 0.3 is 5.97 Å². The second kappa shape index (κ2) is 9.39. The van der Waals surface area contributed by atoms with Crippen LogP contribution in [0.5, 0.6) is 0 Å². The number of hydrogen-bond donors (Lipinski definition) is 2. The van der Waals surface area contributed by atoms with Crippen molar-refractivity contribution >= 4 is 11.9 Å². The molecule has 1 amide bonds. The van der Waals surface area contributed by atoms with E-state index in [1.54, 1.807) is 6.92 Å². The summed E-state index contributed by atoms with van der Waals surface area (Å²) >= 11 is 0. The van der Waals surface area contributed by atoms with Crippen LogP contribution in [0.2, 0.25) is 0 Å². The summed E-state index contributed by atoms with van der Waals surface area (Å²) < 4.78 is 9.68. The van der Waals surface area contributed by atoms with Gasteiger partial charge in [0.25, 0.3) is 0 Å². The van der Waals surface area contributed by atoms with Gasteiger partial charge in [-0.2, -0.15) is 5.26 Å². The highest BCUT2D eigenvalue weighted by atomic mass is 16.5. The first kappa shape index (κ1) is 16.4. The van der Waals surface area contributed by atoms with Crippen molar-refractivity contribution in [2.75, 3.05) is 26.9 Å². The number of carboxylic acids is 1. The number of amides is 1. The largest absolute Gasteiger partial charge is 0.480 e. The van der Waals surface area contributed by atoms with Crippen LogP contribution in [0.3, 0.4) is 0 Å². The van der Waals surface area contributed by atoms with E-state index < -0.39 is 23.8 Å². The first-order valence-corrected chi connectivity index (χ1v) is 5.49. The quantitative estimate of drug-likeness (QED) is 0.553. The minimum absolute atomic E-state index is 0.0651. The van der Waals surface area contributed by atoms with Gasteiger partial charge in [0.15, 0.2) is 0 Å². The molecule has 0 heterocycles. The molecule has 0 spiro atoms. The average molecular weight is 258 g/mol. The zero-order valence-corrected chi connectivity index (χ0v) is 10.5. The monoisotopic (exact) mass is 258 g/mol. The molecule has 102 valence electrons. The van der Waals surface area contributed by atoms with Crippen molar-refractivity contribution < 1.29 is 24.2 Å². The van der Waals surface area contributed by atoms with Gasteiger partial charge in [-0.1, -0.05) is 0 Å². The Labute approximate surface area is 106 Å². The van der Waals surface area contributed by atoms with Gasteiger partial charge < -0.3 is 19.9 Å². The van der Waals surface area contributed by atoms with Gasteiger partial charge in [-0.3, -0.25) is 4.79 Å². The molecule has 0 aliphatic carbocycles. The third-order valence-corrected chi connectivity index (χ3v) is 2.11. The van der Waals surface area contributed by atoms with Crippen LogP contribution < -0.4 is 5.32 Å². The van der Waals surface area contributed by atoms with Crippen LogP contribution in [0.25, 0.3) is 0 Å². The topological polar surface area (TPSA) is 109 Å². The first-order chi connectivity index (χ1) is 8.51. The Morgan fingerprint density at radius 2 is 2.11 bits per heavy atom. The minimum atomic E-state index is -1.16. The highest BCUT2D eigenvalue weighted by molar-refractivity contribution is 5.84. The van der Waals surface area contributed by atoms with Crippen molar-refractivity contribution in [3.8, 4) is 6.07 Å². The Bertz CT molecular complexity index is 313. The zero-order chi connectivity index (χ0) is 14.0. The number of methoxy groups -OCH3 is 1. The van der Waals surface area contributed by atoms with Crippen molar-refractivity contribution in [1.29, 1.82) is 5.26 Å². The van der Waals surface area contributed by atoms with Crippen LogP contribution in [0, 0.1) is 17.2 Å². The molecular weight excluding hydrogens is 240 g/mol. The van der Waals surface area contributed by atoms with Gasteiger partial charge in [0.05, 0.1) is 19.3 Å². The van der Waals surface area contributed by atoms with Gasteiger partial charge in [0.1, 0.15) is 12.6 Å². The predicted molar refractivity (Wildman–Crippen MR) is 61.7 cm³/mol. The number of nitriles is 1. The number of nitrogens with zero attached hydrogens (tertiary/aromatic N) is 1. The molecule has 0 unspecified atom stereocenters. The Balaban J connectivity index is 4.05. The van der Waals surface area contributed by atoms with E-state index >= 15 is 0 Å². The molecule has 0 aliphatic rings. The molecular formula is C11H18N2O5. The van der Waals surface area contributed by atoms with Gasteiger partial charge in [0, 0.05) is 13.0 Å². The Morgan fingerprint density at radius 1 is 1.44 bits per heavy atom. The SMILES string of the molecule is COCCOCC(=O)N[C@@H](C[C@@H](C)C#N)C(=O)O. The summed E-state index contributed by atoms with van der Waals surface area (Å²) in [4.78, 5) is 22.2. The molecule has 0 aromatic carbocycles. The Hall–Kier alpha value is -1.65. The molecule has 0 bridgehead atoms. The number of aliphatic carboxylic acids is 1. The van der Waals surface area contributed by atoms with Crippen LogP contribution in [0.15, 0.2) is 0 Å². The lowest BCUT2D eigenvalue weighted by atomic mass is 10.0. The number of hydrogen-bond acceptors (Lipinski definition) is 5. The molecule has 0 aromatic heterocycles. The molecule has 2 N–H and O–H groups in total. The van der Waals surface area contributed by atoms with E-state index in [9.17, 15) is 9.59 Å². The molecule has 7 heteroatoms. The maximum atomic E-state index is 11.4. The number of carboxylic acid groups (broad SMARTS) is 1. The molecule has 0 aromatic rings. The van der Waals surface area contributed by atoms with Crippen molar-refractivity contribution in [3.63, 3.8) is 0 Å². The minimum Gasteiger partial charge on any atom is -0.480 e. The van der Waals surface area contributed by atoms with Crippen LogP contribution in [-0.4, -0.2) is 50.0 Å². The summed E-state index contributed by atoms with van der Waals surface area (Å²) in [7, 11) is 1.51. The van der Waals surface area contributed by atoms with Crippen molar-refractivity contribution in [2.45, 2.75) is 19.4 Å². The van der Waals surface area contributed by atoms with Crippen LogP contribution in [0.4, 0.5) is 0 Å². The molecule has 2 atom stereocenters. The highest BCUT2D eigenvalue weighted by Crippen LogP contribution is 2.04. The molecule has 0 saturated heterocycles. The summed E-state index contributed by atoms with van der Waals surface area (Å²) in [6.45, 7) is 1.99. The molecule has 18 heavy (non-hydrogen) atoms. The maximum absolute atomic E-state index is 11.4. The first-order valence-electron chi connectivity index (χ1n) is 5.49. The lowest BCUT2D eigenvalue weighted by Gasteiger charge is -2.15. The highest BCUT2D eigenvalue weighted by Gasteiger charge is 2.22. The second-order valence-electron chi connectivity index (χ2n) is 3.77. The fourth-order valence-electron chi connectivity index (χ4n) is 1.17. The van der Waals surface area contributed by atoms with Crippen LogP contribution >= 0.6 is 0 Å². The predicted octanol–water partition coefficient (Wildman–Crippen LogP) is -0.231. The summed E-state index contributed by atoms with van der Waals surface area (Å²) in [6.07, 6.45) is 0.0651. The standard InChI is InChI=1S/C11H18N2O5/c1-8(6-12)5-9(11(15)16)13-10(14)7-18-4-3-17-2/h8-9H,3-5,7H2,1-2H3,(H,13,14)(H,15,16)/t8-,9+/m1/s1. The van der Waals surface area contributed by atoms with Crippen LogP contribution in [-0.2, 0) is 19.1 Å². The summed E-state index contributed by atoms with van der Waals surface area (Å²) in [5, 5.41) is 19.8. The summed E-state index contributed by atoms with van der Waals surface area (Å²) in [5.74, 6) is -2.13. The smallest absolute Gasteiger partial charge is 0.326 e. The van der Waals surface area contributed by atoms with Crippen molar-refractivity contribution in [2.24, 2.45) is 5.92 Å². The Kier molecular flexibility index (Phi) is 8.53. The zero-order valence-electron chi connectivity index (χ0n) is 10.5. The third-order valence-electron chi connectivity index (χ3n) is 2.11. The molecule has 7 nitrogen and oxygen atoms in total. The van der Waals surface area contributed by atoms with E-state index in [-0.39, 0.29) is 19.6 Å². The number of rotatable bonds is 9. The normalized spacial score (nSPS) is 13.4. The molecule has 0 radical (unpaired) electrons. The molecule has 0 fully saturated rings. The van der Waals surface area contributed by atoms with Crippen LogP contribution in [0.1, 0.15) is 13.3 Å². The number of carbonyl (C=O) groups is 2. The van der Waals surface area contributed by atoms with E-state index in [1.807, 2.05) is 6.07 Å². The fraction of sp³-hybridized carbons (Fsp3) is 0.727. The van der Waals surface area contributed by atoms with Gasteiger partial charge in [-0.05, 0) is 13.3 Å². The van der Waals surface area contributed by atoms with E-state index in [1.165, 1.54) is 7.11 Å². The lowest BCUT2D eigenvalue weighted by Crippen LogP contribution is -2.43. The maximum Gasteiger partial charge on any atom is 0.326 e. The third kappa shape index (κ3) is 7.60. The average Bonchev–Trinajstić information content (AvgIpc) is 2.33. The number of ether oxygens (including phenoxy) is 2. The molecule has 0 rings (SSSR count). The van der Waals surface area contributed by atoms with E-state index in [0.29, 0.717) is 6.61 Å². The fourth-order valence-corrected chi connectivity index (χ4v) is 1.17. The van der Waals surface area contributed by atoms with E-state index in [2.05, 4.69) is 5.32 Å². The number of nitrogens with one attached hydrogen (secondary N) is 1. The Morgan fingerprint density at radius 3 is 2.61 bits per heavy atom. The lowest BCUT2D eigenvalue weighted by molar-refractivity contribution is -0.143. The van der Waals surface area contributed by atoms with Gasteiger partial charge in [0.2, 0.25) is 5.91 Å².